The Morgan fingerprint density at radius 1 is 1.10 bits per heavy atom. The molecule has 0 heterocycles. The molecule has 0 rings (SSSR count). The molecule has 2 heteroatoms. The Labute approximate surface area is 64.6 Å². The van der Waals surface area contributed by atoms with Crippen molar-refractivity contribution in [1.29, 1.82) is 0 Å². The second-order valence-electron chi connectivity index (χ2n) is 3.36. The standard InChI is InChI=1S/C8H19OP/c1-4-5-6-7-8-10(2,3)9/h4-8H2,1-3H3. The molecule has 1 nitrogen and oxygen atoms in total. The first kappa shape index (κ1) is 10.2. The van der Waals surface area contributed by atoms with Crippen LogP contribution in [0.3, 0.4) is 0 Å². The molecule has 0 radical (unpaired) electrons. The third-order valence-electron chi connectivity index (χ3n) is 1.55. The van der Waals surface area contributed by atoms with Crippen LogP contribution in [-0.4, -0.2) is 19.5 Å². The summed E-state index contributed by atoms with van der Waals surface area (Å²) in [7, 11) is -1.71. The number of hydrogen-bond donors (Lipinski definition) is 0. The fourth-order valence-corrected chi connectivity index (χ4v) is 1.90. The van der Waals surface area contributed by atoms with Crippen molar-refractivity contribution in [2.24, 2.45) is 0 Å². The van der Waals surface area contributed by atoms with E-state index in [4.69, 9.17) is 0 Å². The van der Waals surface area contributed by atoms with Gasteiger partial charge >= 0.3 is 0 Å². The monoisotopic (exact) mass is 162 g/mol. The van der Waals surface area contributed by atoms with Crippen molar-refractivity contribution in [2.75, 3.05) is 19.5 Å². The summed E-state index contributed by atoms with van der Waals surface area (Å²) >= 11 is 0. The predicted molar refractivity (Wildman–Crippen MR) is 48.5 cm³/mol. The minimum Gasteiger partial charge on any atom is -0.324 e. The van der Waals surface area contributed by atoms with Gasteiger partial charge in [0.15, 0.2) is 0 Å². The Hall–Kier alpha value is 0.230. The van der Waals surface area contributed by atoms with E-state index < -0.39 is 7.14 Å². The highest BCUT2D eigenvalue weighted by Crippen LogP contribution is 2.36. The SMILES string of the molecule is CCCCCCP(C)(C)=O. The van der Waals surface area contributed by atoms with Crippen LogP contribution in [0, 0.1) is 0 Å². The van der Waals surface area contributed by atoms with Crippen molar-refractivity contribution in [3.63, 3.8) is 0 Å². The summed E-state index contributed by atoms with van der Waals surface area (Å²) in [6.45, 7) is 5.94. The van der Waals surface area contributed by atoms with Crippen LogP contribution >= 0.6 is 7.14 Å². The van der Waals surface area contributed by atoms with E-state index in [1.807, 2.05) is 13.3 Å². The molecule has 0 bridgehead atoms. The largest absolute Gasteiger partial charge is 0.324 e. The quantitative estimate of drug-likeness (QED) is 0.448. The van der Waals surface area contributed by atoms with Crippen LogP contribution in [-0.2, 0) is 4.57 Å². The highest BCUT2D eigenvalue weighted by molar-refractivity contribution is 7.62. The van der Waals surface area contributed by atoms with Gasteiger partial charge in [-0.3, -0.25) is 0 Å². The van der Waals surface area contributed by atoms with Crippen molar-refractivity contribution in [3.8, 4) is 0 Å². The topological polar surface area (TPSA) is 17.1 Å². The van der Waals surface area contributed by atoms with E-state index >= 15 is 0 Å². The zero-order valence-corrected chi connectivity index (χ0v) is 8.29. The summed E-state index contributed by atoms with van der Waals surface area (Å²) in [6.07, 6.45) is 5.89. The lowest BCUT2D eigenvalue weighted by molar-refractivity contribution is 0.578. The van der Waals surface area contributed by atoms with Crippen LogP contribution in [0.5, 0.6) is 0 Å². The van der Waals surface area contributed by atoms with Gasteiger partial charge in [0.25, 0.3) is 0 Å². The molecule has 0 aliphatic rings. The van der Waals surface area contributed by atoms with E-state index in [2.05, 4.69) is 6.92 Å². The fourth-order valence-electron chi connectivity index (χ4n) is 0.919. The van der Waals surface area contributed by atoms with Gasteiger partial charge in [0.05, 0.1) is 7.14 Å². The third-order valence-corrected chi connectivity index (χ3v) is 2.94. The Morgan fingerprint density at radius 2 is 1.70 bits per heavy atom. The van der Waals surface area contributed by atoms with Gasteiger partial charge in [-0.15, -0.1) is 0 Å². The normalized spacial score (nSPS) is 11.9. The van der Waals surface area contributed by atoms with Crippen LogP contribution in [0.2, 0.25) is 0 Å². The molecule has 0 saturated carbocycles. The minimum absolute atomic E-state index is 0.938. The highest BCUT2D eigenvalue weighted by Gasteiger charge is 2.04. The Bertz CT molecular complexity index is 114. The van der Waals surface area contributed by atoms with Gasteiger partial charge in [-0.2, -0.15) is 0 Å². The zero-order valence-electron chi connectivity index (χ0n) is 7.39. The predicted octanol–water partition coefficient (Wildman–Crippen LogP) is 3.19. The molecule has 0 fully saturated rings. The molecule has 0 N–H and O–H groups in total. The Balaban J connectivity index is 3.13. The molecule has 0 saturated heterocycles. The Kier molecular flexibility index (Phi) is 5.07. The summed E-state index contributed by atoms with van der Waals surface area (Å²) in [5, 5.41) is 0. The van der Waals surface area contributed by atoms with Gasteiger partial charge in [-0.1, -0.05) is 26.2 Å². The van der Waals surface area contributed by atoms with E-state index in [1.165, 1.54) is 19.3 Å². The van der Waals surface area contributed by atoms with Crippen molar-refractivity contribution in [1.82, 2.24) is 0 Å². The second kappa shape index (κ2) is 4.96. The first-order valence-electron chi connectivity index (χ1n) is 4.10. The molecule has 0 spiro atoms. The average molecular weight is 162 g/mol. The second-order valence-corrected chi connectivity index (χ2v) is 6.95. The van der Waals surface area contributed by atoms with Crippen LogP contribution in [0.25, 0.3) is 0 Å². The maximum Gasteiger partial charge on any atom is 0.0819 e. The lowest BCUT2D eigenvalue weighted by atomic mass is 10.2. The molecule has 0 atom stereocenters. The van der Waals surface area contributed by atoms with E-state index in [0.717, 1.165) is 12.6 Å². The molecule has 10 heavy (non-hydrogen) atoms. The lowest BCUT2D eigenvalue weighted by Gasteiger charge is -2.04. The average Bonchev–Trinajstić information content (AvgIpc) is 1.78. The summed E-state index contributed by atoms with van der Waals surface area (Å²) in [5.74, 6) is 0. The highest BCUT2D eigenvalue weighted by atomic mass is 31.2. The molecule has 0 aliphatic heterocycles. The molecular weight excluding hydrogens is 143 g/mol. The molecule has 0 aromatic rings. The van der Waals surface area contributed by atoms with Gasteiger partial charge in [0.2, 0.25) is 0 Å². The van der Waals surface area contributed by atoms with Crippen LogP contribution in [0.1, 0.15) is 32.6 Å². The number of unbranched alkanes of at least 4 members (excludes halogenated alkanes) is 3. The maximum atomic E-state index is 11.2. The van der Waals surface area contributed by atoms with Crippen LogP contribution in [0.4, 0.5) is 0 Å². The van der Waals surface area contributed by atoms with Gasteiger partial charge < -0.3 is 4.57 Å². The lowest BCUT2D eigenvalue weighted by Crippen LogP contribution is -1.85. The molecule has 0 unspecified atom stereocenters. The molecule has 0 aromatic carbocycles. The van der Waals surface area contributed by atoms with Crippen molar-refractivity contribution in [3.05, 3.63) is 0 Å². The molecular formula is C8H19OP. The number of rotatable bonds is 5. The van der Waals surface area contributed by atoms with Gasteiger partial charge in [-0.25, -0.2) is 0 Å². The van der Waals surface area contributed by atoms with E-state index in [9.17, 15) is 4.57 Å². The van der Waals surface area contributed by atoms with Gasteiger partial charge in [0.1, 0.15) is 0 Å². The number of hydrogen-bond acceptors (Lipinski definition) is 1. The van der Waals surface area contributed by atoms with E-state index in [0.29, 0.717) is 0 Å². The van der Waals surface area contributed by atoms with E-state index in [-0.39, 0.29) is 0 Å². The smallest absolute Gasteiger partial charge is 0.0819 e. The van der Waals surface area contributed by atoms with Crippen LogP contribution < -0.4 is 0 Å². The van der Waals surface area contributed by atoms with Crippen molar-refractivity contribution < 1.29 is 4.57 Å². The fraction of sp³-hybridized carbons (Fsp3) is 1.00. The van der Waals surface area contributed by atoms with E-state index in [1.54, 1.807) is 0 Å². The summed E-state index contributed by atoms with van der Waals surface area (Å²) in [6, 6.07) is 0. The Morgan fingerprint density at radius 3 is 2.10 bits per heavy atom. The van der Waals surface area contributed by atoms with Crippen LogP contribution in [0.15, 0.2) is 0 Å². The summed E-state index contributed by atoms with van der Waals surface area (Å²) < 4.78 is 11.2. The van der Waals surface area contributed by atoms with Gasteiger partial charge in [-0.05, 0) is 19.8 Å². The third kappa shape index (κ3) is 8.23. The minimum atomic E-state index is -1.71. The maximum absolute atomic E-state index is 11.2. The van der Waals surface area contributed by atoms with Crippen molar-refractivity contribution in [2.45, 2.75) is 32.6 Å². The molecule has 0 aliphatic carbocycles. The first-order chi connectivity index (χ1) is 4.56. The summed E-state index contributed by atoms with van der Waals surface area (Å²) in [5.41, 5.74) is 0. The first-order valence-corrected chi connectivity index (χ1v) is 6.89. The van der Waals surface area contributed by atoms with Gasteiger partial charge in [0, 0.05) is 6.16 Å². The molecule has 0 amide bonds. The molecule has 0 aromatic heterocycles. The summed E-state index contributed by atoms with van der Waals surface area (Å²) in [4.78, 5) is 0. The van der Waals surface area contributed by atoms with Crippen molar-refractivity contribution >= 4 is 7.14 Å². The zero-order chi connectivity index (χ0) is 8.04. The molecule has 62 valence electrons.